The fourth-order valence-electron chi connectivity index (χ4n) is 1.24. The summed E-state index contributed by atoms with van der Waals surface area (Å²) < 4.78 is 1.66. The molecule has 0 aliphatic carbocycles. The number of pyridine rings is 1. The van der Waals surface area contributed by atoms with E-state index in [9.17, 15) is 0 Å². The highest BCUT2D eigenvalue weighted by atomic mass is 15.4. The van der Waals surface area contributed by atoms with Gasteiger partial charge in [-0.05, 0) is 19.1 Å². The largest absolute Gasteiger partial charge is 0.381 e. The van der Waals surface area contributed by atoms with Crippen LogP contribution in [0.25, 0.3) is 0 Å². The first-order valence-corrected chi connectivity index (χ1v) is 4.32. The van der Waals surface area contributed by atoms with Gasteiger partial charge >= 0.3 is 0 Å². The highest BCUT2D eigenvalue weighted by Crippen LogP contribution is 2.01. The van der Waals surface area contributed by atoms with Gasteiger partial charge in [0.2, 0.25) is 0 Å². The molecule has 5 nitrogen and oxygen atoms in total. The molecule has 0 spiro atoms. The maximum atomic E-state index is 5.45. The summed E-state index contributed by atoms with van der Waals surface area (Å²) in [5.74, 6) is 0.428. The van der Waals surface area contributed by atoms with E-state index in [1.165, 1.54) is 0 Å². The summed E-state index contributed by atoms with van der Waals surface area (Å²) >= 11 is 0. The molecule has 2 aromatic rings. The summed E-state index contributed by atoms with van der Waals surface area (Å²) in [4.78, 5) is 4.35. The lowest BCUT2D eigenvalue weighted by molar-refractivity contribution is 0.637. The van der Waals surface area contributed by atoms with Crippen LogP contribution >= 0.6 is 0 Å². The molecule has 0 aromatic carbocycles. The van der Waals surface area contributed by atoms with Crippen LogP contribution < -0.4 is 5.73 Å². The van der Waals surface area contributed by atoms with Crippen LogP contribution in [0, 0.1) is 6.92 Å². The van der Waals surface area contributed by atoms with E-state index in [-0.39, 0.29) is 0 Å². The molecule has 14 heavy (non-hydrogen) atoms. The van der Waals surface area contributed by atoms with E-state index in [2.05, 4.69) is 15.3 Å². The van der Waals surface area contributed by atoms with Crippen LogP contribution in [0.2, 0.25) is 0 Å². The SMILES string of the molecule is Cc1cccc(Cn2cc(N)nn2)n1. The van der Waals surface area contributed by atoms with Crippen molar-refractivity contribution >= 4 is 5.82 Å². The number of aryl methyl sites for hydroxylation is 1. The molecule has 0 atom stereocenters. The number of nitrogens with two attached hydrogens (primary N) is 1. The van der Waals surface area contributed by atoms with Gasteiger partial charge in [-0.3, -0.25) is 4.98 Å². The van der Waals surface area contributed by atoms with E-state index < -0.39 is 0 Å². The van der Waals surface area contributed by atoms with Crippen LogP contribution in [0.5, 0.6) is 0 Å². The fourth-order valence-corrected chi connectivity index (χ4v) is 1.24. The Morgan fingerprint density at radius 2 is 2.29 bits per heavy atom. The zero-order chi connectivity index (χ0) is 9.97. The van der Waals surface area contributed by atoms with Crippen molar-refractivity contribution < 1.29 is 0 Å². The maximum absolute atomic E-state index is 5.45. The molecule has 5 heteroatoms. The number of rotatable bonds is 2. The third kappa shape index (κ3) is 1.87. The van der Waals surface area contributed by atoms with Crippen molar-refractivity contribution in [2.24, 2.45) is 0 Å². The van der Waals surface area contributed by atoms with Gasteiger partial charge in [0.1, 0.15) is 0 Å². The average molecular weight is 189 g/mol. The molecule has 2 aromatic heterocycles. The van der Waals surface area contributed by atoms with Crippen LogP contribution in [0.4, 0.5) is 5.82 Å². The second-order valence-corrected chi connectivity index (χ2v) is 3.11. The topological polar surface area (TPSA) is 69.6 Å². The van der Waals surface area contributed by atoms with Crippen LogP contribution in [0.1, 0.15) is 11.4 Å². The van der Waals surface area contributed by atoms with Gasteiger partial charge in [0.25, 0.3) is 0 Å². The van der Waals surface area contributed by atoms with Gasteiger partial charge in [0, 0.05) is 5.69 Å². The van der Waals surface area contributed by atoms with E-state index in [0.29, 0.717) is 12.4 Å². The maximum Gasteiger partial charge on any atom is 0.165 e. The quantitative estimate of drug-likeness (QED) is 0.751. The molecule has 0 fully saturated rings. The predicted octanol–water partition coefficient (Wildman–Crippen LogP) is 0.612. The molecule has 0 unspecified atom stereocenters. The first-order chi connectivity index (χ1) is 6.74. The Morgan fingerprint density at radius 3 is 2.93 bits per heavy atom. The molecular weight excluding hydrogens is 178 g/mol. The second-order valence-electron chi connectivity index (χ2n) is 3.11. The third-order valence-electron chi connectivity index (χ3n) is 1.83. The van der Waals surface area contributed by atoms with Crippen molar-refractivity contribution in [3.63, 3.8) is 0 Å². The van der Waals surface area contributed by atoms with Crippen LogP contribution in [0.15, 0.2) is 24.4 Å². The Labute approximate surface area is 81.6 Å². The minimum absolute atomic E-state index is 0.428. The molecular formula is C9H11N5. The van der Waals surface area contributed by atoms with E-state index in [4.69, 9.17) is 5.73 Å². The zero-order valence-corrected chi connectivity index (χ0v) is 7.88. The highest BCUT2D eigenvalue weighted by Gasteiger charge is 1.99. The molecule has 0 amide bonds. The smallest absolute Gasteiger partial charge is 0.165 e. The molecule has 0 saturated heterocycles. The molecule has 2 N–H and O–H groups in total. The lowest BCUT2D eigenvalue weighted by Gasteiger charge is -2.00. The minimum Gasteiger partial charge on any atom is -0.381 e. The first kappa shape index (κ1) is 8.68. The van der Waals surface area contributed by atoms with Gasteiger partial charge in [-0.2, -0.15) is 0 Å². The number of hydrogen-bond acceptors (Lipinski definition) is 4. The molecule has 2 rings (SSSR count). The summed E-state index contributed by atoms with van der Waals surface area (Å²) in [5, 5.41) is 7.54. The molecule has 0 radical (unpaired) electrons. The van der Waals surface area contributed by atoms with E-state index in [1.54, 1.807) is 10.9 Å². The molecule has 0 bridgehead atoms. The van der Waals surface area contributed by atoms with Gasteiger partial charge in [0.05, 0.1) is 18.4 Å². The van der Waals surface area contributed by atoms with Crippen molar-refractivity contribution in [2.45, 2.75) is 13.5 Å². The standard InChI is InChI=1S/C9H11N5/c1-7-3-2-4-8(11-7)5-14-6-9(10)12-13-14/h2-4,6H,5,10H2,1H3. The zero-order valence-electron chi connectivity index (χ0n) is 7.88. The Morgan fingerprint density at radius 1 is 1.43 bits per heavy atom. The molecule has 72 valence electrons. The van der Waals surface area contributed by atoms with E-state index >= 15 is 0 Å². The number of nitrogens with zero attached hydrogens (tertiary/aromatic N) is 4. The van der Waals surface area contributed by atoms with Crippen LogP contribution in [0.3, 0.4) is 0 Å². The molecule has 0 saturated carbocycles. The summed E-state index contributed by atoms with van der Waals surface area (Å²) in [7, 11) is 0. The minimum atomic E-state index is 0.428. The highest BCUT2D eigenvalue weighted by molar-refractivity contribution is 5.20. The summed E-state index contributed by atoms with van der Waals surface area (Å²) in [6.45, 7) is 2.56. The number of nitrogen functional groups attached to an aromatic ring is 1. The second kappa shape index (κ2) is 3.45. The predicted molar refractivity (Wildman–Crippen MR) is 52.5 cm³/mol. The summed E-state index contributed by atoms with van der Waals surface area (Å²) in [6, 6.07) is 5.88. The van der Waals surface area contributed by atoms with Crippen LogP contribution in [-0.2, 0) is 6.54 Å². The van der Waals surface area contributed by atoms with Crippen molar-refractivity contribution in [3.8, 4) is 0 Å². The summed E-state index contributed by atoms with van der Waals surface area (Å²) in [6.07, 6.45) is 1.68. The molecule has 0 aliphatic rings. The Balaban J connectivity index is 2.18. The van der Waals surface area contributed by atoms with Gasteiger partial charge in [-0.25, -0.2) is 4.68 Å². The van der Waals surface area contributed by atoms with Gasteiger partial charge < -0.3 is 5.73 Å². The van der Waals surface area contributed by atoms with Gasteiger partial charge in [-0.15, -0.1) is 5.10 Å². The molecule has 2 heterocycles. The fraction of sp³-hybridized carbons (Fsp3) is 0.222. The van der Waals surface area contributed by atoms with E-state index in [0.717, 1.165) is 11.4 Å². The summed E-state index contributed by atoms with van der Waals surface area (Å²) in [5.41, 5.74) is 7.40. The average Bonchev–Trinajstić information content (AvgIpc) is 2.51. The molecule has 0 aliphatic heterocycles. The lowest BCUT2D eigenvalue weighted by atomic mass is 10.3. The Bertz CT molecular complexity index is 434. The van der Waals surface area contributed by atoms with Gasteiger partial charge in [0.15, 0.2) is 5.82 Å². The van der Waals surface area contributed by atoms with Gasteiger partial charge in [-0.1, -0.05) is 11.3 Å². The number of anilines is 1. The Hall–Kier alpha value is -1.91. The van der Waals surface area contributed by atoms with Crippen molar-refractivity contribution in [1.29, 1.82) is 0 Å². The first-order valence-electron chi connectivity index (χ1n) is 4.32. The monoisotopic (exact) mass is 189 g/mol. The Kier molecular flexibility index (Phi) is 2.14. The number of aromatic nitrogens is 4. The van der Waals surface area contributed by atoms with Crippen molar-refractivity contribution in [2.75, 3.05) is 5.73 Å². The third-order valence-corrected chi connectivity index (χ3v) is 1.83. The number of hydrogen-bond donors (Lipinski definition) is 1. The van der Waals surface area contributed by atoms with E-state index in [1.807, 2.05) is 25.1 Å². The van der Waals surface area contributed by atoms with Crippen molar-refractivity contribution in [3.05, 3.63) is 35.8 Å². The van der Waals surface area contributed by atoms with Crippen LogP contribution in [-0.4, -0.2) is 20.0 Å². The normalized spacial score (nSPS) is 10.4. The van der Waals surface area contributed by atoms with Crippen molar-refractivity contribution in [1.82, 2.24) is 20.0 Å². The lowest BCUT2D eigenvalue weighted by Crippen LogP contribution is -2.02.